The van der Waals surface area contributed by atoms with Crippen molar-refractivity contribution < 1.29 is 4.74 Å². The molecule has 4 heteroatoms. The molecule has 1 aromatic heterocycles. The van der Waals surface area contributed by atoms with E-state index in [9.17, 15) is 0 Å². The summed E-state index contributed by atoms with van der Waals surface area (Å²) in [5, 5.41) is 2.16. The van der Waals surface area contributed by atoms with Crippen molar-refractivity contribution in [3.63, 3.8) is 0 Å². The summed E-state index contributed by atoms with van der Waals surface area (Å²) in [4.78, 5) is 6.40. The van der Waals surface area contributed by atoms with E-state index >= 15 is 0 Å². The van der Waals surface area contributed by atoms with E-state index in [1.807, 2.05) is 24.5 Å². The number of pyridine rings is 1. The van der Waals surface area contributed by atoms with Gasteiger partial charge in [0.1, 0.15) is 0 Å². The van der Waals surface area contributed by atoms with Crippen LogP contribution >= 0.6 is 0 Å². The van der Waals surface area contributed by atoms with Gasteiger partial charge in [-0.2, -0.15) is 0 Å². The third kappa shape index (κ3) is 2.36. The summed E-state index contributed by atoms with van der Waals surface area (Å²) in [6.07, 6.45) is 6.31. The molecule has 1 saturated heterocycles. The molecule has 0 bridgehead atoms. The maximum atomic E-state index is 6.01. The van der Waals surface area contributed by atoms with Gasteiger partial charge in [-0.1, -0.05) is 0 Å². The second-order valence-corrected chi connectivity index (χ2v) is 5.11. The molecule has 100 valence electrons. The van der Waals surface area contributed by atoms with E-state index in [4.69, 9.17) is 10.5 Å². The first-order chi connectivity index (χ1) is 9.25. The van der Waals surface area contributed by atoms with Gasteiger partial charge in [0.05, 0.1) is 6.10 Å². The first kappa shape index (κ1) is 12.2. The van der Waals surface area contributed by atoms with Crippen molar-refractivity contribution in [3.8, 4) is 0 Å². The molecule has 2 N–H and O–H groups in total. The Labute approximate surface area is 113 Å². The number of nitrogens with zero attached hydrogens (tertiary/aromatic N) is 2. The van der Waals surface area contributed by atoms with Crippen molar-refractivity contribution in [2.75, 3.05) is 30.8 Å². The lowest BCUT2D eigenvalue weighted by Crippen LogP contribution is -2.28. The second-order valence-electron chi connectivity index (χ2n) is 5.11. The lowest BCUT2D eigenvalue weighted by molar-refractivity contribution is 0.116. The van der Waals surface area contributed by atoms with Crippen molar-refractivity contribution in [1.29, 1.82) is 0 Å². The van der Waals surface area contributed by atoms with Crippen LogP contribution in [0.15, 0.2) is 30.6 Å². The number of benzene rings is 1. The molecule has 1 unspecified atom stereocenters. The van der Waals surface area contributed by atoms with Crippen LogP contribution in [0.4, 0.5) is 11.4 Å². The monoisotopic (exact) mass is 257 g/mol. The fraction of sp³-hybridized carbons (Fsp3) is 0.400. The SMILES string of the molecule is CN(CC1CCCO1)c1ccc(N)c2cnccc12. The van der Waals surface area contributed by atoms with Crippen LogP contribution in [-0.4, -0.2) is 31.3 Å². The molecule has 1 atom stereocenters. The standard InChI is InChI=1S/C15H19N3O/c1-18(10-11-3-2-8-19-11)15-5-4-14(16)13-9-17-7-6-12(13)15/h4-7,9,11H,2-3,8,10,16H2,1H3. The third-order valence-electron chi connectivity index (χ3n) is 3.74. The number of anilines is 2. The van der Waals surface area contributed by atoms with Crippen LogP contribution in [0.5, 0.6) is 0 Å². The number of fused-ring (bicyclic) bond motifs is 1. The van der Waals surface area contributed by atoms with E-state index in [-0.39, 0.29) is 0 Å². The largest absolute Gasteiger partial charge is 0.398 e. The quantitative estimate of drug-likeness (QED) is 0.858. The minimum Gasteiger partial charge on any atom is -0.398 e. The molecule has 19 heavy (non-hydrogen) atoms. The summed E-state index contributed by atoms with van der Waals surface area (Å²) >= 11 is 0. The molecule has 0 aliphatic carbocycles. The fourth-order valence-electron chi connectivity index (χ4n) is 2.72. The van der Waals surface area contributed by atoms with Crippen LogP contribution < -0.4 is 10.6 Å². The van der Waals surface area contributed by atoms with Crippen LogP contribution in [0, 0.1) is 0 Å². The van der Waals surface area contributed by atoms with E-state index in [0.717, 1.165) is 36.0 Å². The zero-order valence-electron chi connectivity index (χ0n) is 11.2. The van der Waals surface area contributed by atoms with Crippen molar-refractivity contribution in [2.45, 2.75) is 18.9 Å². The molecule has 1 fully saturated rings. The number of hydrogen-bond acceptors (Lipinski definition) is 4. The molecule has 0 saturated carbocycles. The summed E-state index contributed by atoms with van der Waals surface area (Å²) in [7, 11) is 2.10. The average Bonchev–Trinajstić information content (AvgIpc) is 2.92. The fourth-order valence-corrected chi connectivity index (χ4v) is 2.72. The van der Waals surface area contributed by atoms with E-state index in [2.05, 4.69) is 23.0 Å². The van der Waals surface area contributed by atoms with E-state index in [0.29, 0.717) is 6.10 Å². The third-order valence-corrected chi connectivity index (χ3v) is 3.74. The minimum absolute atomic E-state index is 0.347. The van der Waals surface area contributed by atoms with Gasteiger partial charge in [-0.3, -0.25) is 4.98 Å². The summed E-state index contributed by atoms with van der Waals surface area (Å²) in [5.41, 5.74) is 7.96. The van der Waals surface area contributed by atoms with Gasteiger partial charge in [0.2, 0.25) is 0 Å². The number of rotatable bonds is 3. The molecule has 1 aromatic carbocycles. The smallest absolute Gasteiger partial charge is 0.0750 e. The topological polar surface area (TPSA) is 51.4 Å². The van der Waals surface area contributed by atoms with Crippen LogP contribution in [0.3, 0.4) is 0 Å². The Hall–Kier alpha value is -1.81. The maximum absolute atomic E-state index is 6.01. The molecule has 2 aromatic rings. The highest BCUT2D eigenvalue weighted by Gasteiger charge is 2.18. The van der Waals surface area contributed by atoms with Crippen molar-refractivity contribution in [3.05, 3.63) is 30.6 Å². The first-order valence-corrected chi connectivity index (χ1v) is 6.70. The predicted molar refractivity (Wildman–Crippen MR) is 78.4 cm³/mol. The Morgan fingerprint density at radius 2 is 2.26 bits per heavy atom. The highest BCUT2D eigenvalue weighted by Crippen LogP contribution is 2.30. The molecule has 1 aliphatic rings. The highest BCUT2D eigenvalue weighted by atomic mass is 16.5. The lowest BCUT2D eigenvalue weighted by Gasteiger charge is -2.24. The number of ether oxygens (including phenoxy) is 1. The van der Waals surface area contributed by atoms with Crippen LogP contribution in [0.2, 0.25) is 0 Å². The molecular weight excluding hydrogens is 238 g/mol. The summed E-state index contributed by atoms with van der Waals surface area (Å²) in [6.45, 7) is 1.81. The Balaban J connectivity index is 1.93. The van der Waals surface area contributed by atoms with Crippen molar-refractivity contribution >= 4 is 22.1 Å². The molecule has 0 amide bonds. The zero-order chi connectivity index (χ0) is 13.2. The summed E-state index contributed by atoms with van der Waals surface area (Å²) < 4.78 is 5.70. The molecule has 0 radical (unpaired) electrons. The number of aromatic nitrogens is 1. The van der Waals surface area contributed by atoms with E-state index in [1.165, 1.54) is 12.1 Å². The van der Waals surface area contributed by atoms with E-state index < -0.39 is 0 Å². The minimum atomic E-state index is 0.347. The Morgan fingerprint density at radius 3 is 3.05 bits per heavy atom. The van der Waals surface area contributed by atoms with Gasteiger partial charge in [0, 0.05) is 54.7 Å². The first-order valence-electron chi connectivity index (χ1n) is 6.70. The average molecular weight is 257 g/mol. The Bertz CT molecular complexity index is 579. The predicted octanol–water partition coefficient (Wildman–Crippen LogP) is 2.43. The Kier molecular flexibility index (Phi) is 3.25. The van der Waals surface area contributed by atoms with Crippen LogP contribution in [0.25, 0.3) is 10.8 Å². The molecule has 2 heterocycles. The van der Waals surface area contributed by atoms with Gasteiger partial charge >= 0.3 is 0 Å². The molecule has 3 rings (SSSR count). The molecule has 0 spiro atoms. The van der Waals surface area contributed by atoms with Crippen LogP contribution in [0.1, 0.15) is 12.8 Å². The van der Waals surface area contributed by atoms with Gasteiger partial charge in [-0.05, 0) is 31.0 Å². The van der Waals surface area contributed by atoms with E-state index in [1.54, 1.807) is 0 Å². The summed E-state index contributed by atoms with van der Waals surface area (Å²) in [5.74, 6) is 0. The molecule has 4 nitrogen and oxygen atoms in total. The maximum Gasteiger partial charge on any atom is 0.0750 e. The van der Waals surface area contributed by atoms with Crippen LogP contribution in [-0.2, 0) is 4.74 Å². The Morgan fingerprint density at radius 1 is 1.37 bits per heavy atom. The van der Waals surface area contributed by atoms with Gasteiger partial charge < -0.3 is 15.4 Å². The van der Waals surface area contributed by atoms with Gasteiger partial charge in [0.15, 0.2) is 0 Å². The number of likely N-dealkylation sites (N-methyl/N-ethyl adjacent to an activating group) is 1. The number of hydrogen-bond donors (Lipinski definition) is 1. The van der Waals surface area contributed by atoms with Gasteiger partial charge in [-0.15, -0.1) is 0 Å². The highest BCUT2D eigenvalue weighted by molar-refractivity contribution is 6.00. The van der Waals surface area contributed by atoms with Crippen molar-refractivity contribution in [2.24, 2.45) is 0 Å². The lowest BCUT2D eigenvalue weighted by atomic mass is 10.1. The second kappa shape index (κ2) is 5.05. The number of nitrogen functional groups attached to an aromatic ring is 1. The van der Waals surface area contributed by atoms with Gasteiger partial charge in [0.25, 0.3) is 0 Å². The molecule has 1 aliphatic heterocycles. The summed E-state index contributed by atoms with van der Waals surface area (Å²) in [6, 6.07) is 6.05. The van der Waals surface area contributed by atoms with Crippen molar-refractivity contribution in [1.82, 2.24) is 4.98 Å². The van der Waals surface area contributed by atoms with Gasteiger partial charge in [-0.25, -0.2) is 0 Å². The molecular formula is C15H19N3O. The normalized spacial score (nSPS) is 18.9. The zero-order valence-corrected chi connectivity index (χ0v) is 11.2. The number of nitrogens with two attached hydrogens (primary N) is 1.